The molecule has 0 saturated carbocycles. The van der Waals surface area contributed by atoms with Crippen molar-refractivity contribution in [3.8, 4) is 28.8 Å². The molecule has 0 fully saturated rings. The summed E-state index contributed by atoms with van der Waals surface area (Å²) in [7, 11) is 3.53. The van der Waals surface area contributed by atoms with E-state index in [0.29, 0.717) is 17.0 Å². The fourth-order valence-electron chi connectivity index (χ4n) is 3.46. The largest absolute Gasteiger partial charge is 0.497 e. The van der Waals surface area contributed by atoms with E-state index >= 15 is 0 Å². The number of nitrogens with zero attached hydrogens (tertiary/aromatic N) is 2. The number of fused-ring (bicyclic) bond motifs is 1. The lowest BCUT2D eigenvalue weighted by molar-refractivity contribution is 0.215. The van der Waals surface area contributed by atoms with Gasteiger partial charge in [-0.1, -0.05) is 28.1 Å². The van der Waals surface area contributed by atoms with Crippen LogP contribution in [0.4, 0.5) is 10.5 Å². The third kappa shape index (κ3) is 4.11. The van der Waals surface area contributed by atoms with Gasteiger partial charge in [0.2, 0.25) is 0 Å². The van der Waals surface area contributed by atoms with Crippen molar-refractivity contribution in [3.63, 3.8) is 0 Å². The van der Waals surface area contributed by atoms with E-state index < -0.39 is 6.09 Å². The zero-order valence-electron chi connectivity index (χ0n) is 16.8. The van der Waals surface area contributed by atoms with Crippen LogP contribution in [0.15, 0.2) is 71.2 Å². The molecule has 0 radical (unpaired) electrons. The van der Waals surface area contributed by atoms with E-state index in [-0.39, 0.29) is 0 Å². The maximum atomic E-state index is 12.1. The first-order chi connectivity index (χ1) is 15.0. The lowest BCUT2D eigenvalue weighted by Crippen LogP contribution is -2.16. The molecular weight excluding hydrogens is 458 g/mol. The van der Waals surface area contributed by atoms with E-state index in [4.69, 9.17) is 9.47 Å². The minimum atomic E-state index is -0.579. The van der Waals surface area contributed by atoms with Gasteiger partial charge in [-0.3, -0.25) is 5.32 Å². The van der Waals surface area contributed by atoms with Crippen molar-refractivity contribution in [1.82, 2.24) is 4.57 Å². The second-order valence-electron chi connectivity index (χ2n) is 6.82. The Kier molecular flexibility index (Phi) is 5.65. The number of ether oxygens (including phenoxy) is 2. The number of hydrogen-bond acceptors (Lipinski definition) is 4. The highest BCUT2D eigenvalue weighted by molar-refractivity contribution is 9.10. The van der Waals surface area contributed by atoms with Crippen LogP contribution in [0.3, 0.4) is 0 Å². The summed E-state index contributed by atoms with van der Waals surface area (Å²) >= 11 is 3.34. The maximum Gasteiger partial charge on any atom is 0.417 e. The predicted molar refractivity (Wildman–Crippen MR) is 123 cm³/mol. The van der Waals surface area contributed by atoms with E-state index in [2.05, 4.69) is 27.3 Å². The van der Waals surface area contributed by atoms with Gasteiger partial charge in [0.15, 0.2) is 0 Å². The number of halogens is 1. The van der Waals surface area contributed by atoms with Gasteiger partial charge in [0.25, 0.3) is 0 Å². The number of carbonyl (C=O) groups excluding carboxylic acids is 1. The average Bonchev–Trinajstić information content (AvgIpc) is 3.07. The summed E-state index contributed by atoms with van der Waals surface area (Å²) in [5.74, 6) is 1.18. The van der Waals surface area contributed by atoms with Crippen molar-refractivity contribution in [2.45, 2.75) is 0 Å². The molecule has 1 heterocycles. The Hall–Kier alpha value is -3.76. The first kappa shape index (κ1) is 20.5. The molecule has 1 N–H and O–H groups in total. The lowest BCUT2D eigenvalue weighted by Gasteiger charge is -2.09. The molecule has 6 nitrogen and oxygen atoms in total. The number of carbonyl (C=O) groups is 1. The highest BCUT2D eigenvalue weighted by Crippen LogP contribution is 2.34. The smallest absolute Gasteiger partial charge is 0.417 e. The Morgan fingerprint density at radius 2 is 1.71 bits per heavy atom. The Labute approximate surface area is 187 Å². The molecule has 4 rings (SSSR count). The third-order valence-electron chi connectivity index (χ3n) is 4.95. The number of hydrogen-bond donors (Lipinski definition) is 1. The van der Waals surface area contributed by atoms with Crippen LogP contribution in [0.1, 0.15) is 5.56 Å². The van der Waals surface area contributed by atoms with Crippen LogP contribution in [-0.4, -0.2) is 17.8 Å². The number of aryl methyl sites for hydroxylation is 1. The van der Waals surface area contributed by atoms with E-state index in [0.717, 1.165) is 32.4 Å². The van der Waals surface area contributed by atoms with Crippen LogP contribution < -0.4 is 14.8 Å². The molecule has 0 bridgehead atoms. The molecule has 0 saturated heterocycles. The Bertz CT molecular complexity index is 1300. The Morgan fingerprint density at radius 1 is 1.03 bits per heavy atom. The molecule has 4 aromatic rings. The van der Waals surface area contributed by atoms with Gasteiger partial charge >= 0.3 is 6.09 Å². The van der Waals surface area contributed by atoms with Gasteiger partial charge < -0.3 is 14.0 Å². The van der Waals surface area contributed by atoms with E-state index in [1.54, 1.807) is 43.5 Å². The summed E-state index contributed by atoms with van der Waals surface area (Å²) in [4.78, 5) is 12.1. The van der Waals surface area contributed by atoms with Gasteiger partial charge in [-0.15, -0.1) is 0 Å². The molecule has 3 aromatic carbocycles. The molecular formula is C24H18BrN3O3. The molecule has 31 heavy (non-hydrogen) atoms. The molecule has 1 amide bonds. The van der Waals surface area contributed by atoms with Crippen LogP contribution in [0.2, 0.25) is 0 Å². The second kappa shape index (κ2) is 8.54. The maximum absolute atomic E-state index is 12.1. The molecule has 1 aromatic heterocycles. The normalized spacial score (nSPS) is 10.5. The molecule has 0 atom stereocenters. The number of benzene rings is 3. The quantitative estimate of drug-likeness (QED) is 0.386. The number of nitrogens with one attached hydrogen (secondary N) is 1. The molecule has 0 unspecified atom stereocenters. The van der Waals surface area contributed by atoms with Crippen molar-refractivity contribution < 1.29 is 14.3 Å². The summed E-state index contributed by atoms with van der Waals surface area (Å²) in [5.41, 5.74) is 3.75. The minimum Gasteiger partial charge on any atom is -0.497 e. The first-order valence-corrected chi connectivity index (χ1v) is 10.2. The molecule has 0 aliphatic carbocycles. The second-order valence-corrected chi connectivity index (χ2v) is 7.74. The predicted octanol–water partition coefficient (Wildman–Crippen LogP) is 6.10. The number of anilines is 1. The number of aromatic nitrogens is 1. The van der Waals surface area contributed by atoms with Gasteiger partial charge in [-0.05, 0) is 54.1 Å². The van der Waals surface area contributed by atoms with Crippen molar-refractivity contribution >= 4 is 38.6 Å². The first-order valence-electron chi connectivity index (χ1n) is 9.41. The Balaban J connectivity index is 1.59. The fourth-order valence-corrected chi connectivity index (χ4v) is 3.72. The lowest BCUT2D eigenvalue weighted by atomic mass is 10.1. The van der Waals surface area contributed by atoms with Crippen molar-refractivity contribution in [2.24, 2.45) is 7.05 Å². The molecule has 0 aliphatic rings. The summed E-state index contributed by atoms with van der Waals surface area (Å²) in [6, 6.07) is 22.2. The molecule has 0 spiro atoms. The van der Waals surface area contributed by atoms with Gasteiger partial charge in [0.05, 0.1) is 23.9 Å². The van der Waals surface area contributed by atoms with E-state index in [1.165, 1.54) is 0 Å². The van der Waals surface area contributed by atoms with Crippen molar-refractivity contribution in [3.05, 3.63) is 76.8 Å². The zero-order chi connectivity index (χ0) is 22.0. The van der Waals surface area contributed by atoms with Crippen LogP contribution in [-0.2, 0) is 7.05 Å². The zero-order valence-corrected chi connectivity index (χ0v) is 18.4. The minimum absolute atomic E-state index is 0.446. The standard InChI is InChI=1S/C24H18BrN3O3/c1-28-22-13-19(30-2)11-12-20(22)21(14-26)23(28)15-3-7-17(8-4-15)27-24(29)31-18-9-5-16(25)6-10-18/h3-13H,1-2H3,(H,27,29). The Morgan fingerprint density at radius 3 is 2.35 bits per heavy atom. The van der Waals surface area contributed by atoms with Crippen LogP contribution in [0, 0.1) is 11.3 Å². The van der Waals surface area contributed by atoms with Gasteiger partial charge in [0.1, 0.15) is 17.6 Å². The van der Waals surface area contributed by atoms with Gasteiger partial charge in [-0.25, -0.2) is 4.79 Å². The molecule has 7 heteroatoms. The highest BCUT2D eigenvalue weighted by Gasteiger charge is 2.17. The summed E-state index contributed by atoms with van der Waals surface area (Å²) in [6.45, 7) is 0. The monoisotopic (exact) mass is 475 g/mol. The van der Waals surface area contributed by atoms with Crippen LogP contribution in [0.5, 0.6) is 11.5 Å². The average molecular weight is 476 g/mol. The van der Waals surface area contributed by atoms with E-state index in [9.17, 15) is 10.1 Å². The highest BCUT2D eigenvalue weighted by atomic mass is 79.9. The molecule has 154 valence electrons. The molecule has 0 aliphatic heterocycles. The number of nitriles is 1. The summed E-state index contributed by atoms with van der Waals surface area (Å²) < 4.78 is 13.5. The van der Waals surface area contributed by atoms with E-state index in [1.807, 2.05) is 41.9 Å². The summed E-state index contributed by atoms with van der Waals surface area (Å²) in [5, 5.41) is 13.3. The van der Waals surface area contributed by atoms with Gasteiger partial charge in [0, 0.05) is 28.7 Å². The van der Waals surface area contributed by atoms with Crippen molar-refractivity contribution in [2.75, 3.05) is 12.4 Å². The summed E-state index contributed by atoms with van der Waals surface area (Å²) in [6.07, 6.45) is -0.579. The van der Waals surface area contributed by atoms with Crippen molar-refractivity contribution in [1.29, 1.82) is 5.26 Å². The number of methoxy groups -OCH3 is 1. The van der Waals surface area contributed by atoms with Gasteiger partial charge in [-0.2, -0.15) is 5.26 Å². The SMILES string of the molecule is COc1ccc2c(C#N)c(-c3ccc(NC(=O)Oc4ccc(Br)cc4)cc3)n(C)c2c1. The van der Waals surface area contributed by atoms with Crippen LogP contribution in [0.25, 0.3) is 22.2 Å². The topological polar surface area (TPSA) is 76.3 Å². The fraction of sp³-hybridized carbons (Fsp3) is 0.0833. The van der Waals surface area contributed by atoms with Crippen LogP contribution >= 0.6 is 15.9 Å². The number of amides is 1. The third-order valence-corrected chi connectivity index (χ3v) is 5.48. The number of rotatable bonds is 4.